The van der Waals surface area contributed by atoms with E-state index in [1.807, 2.05) is 0 Å². The van der Waals surface area contributed by atoms with E-state index in [0.29, 0.717) is 25.2 Å². The Morgan fingerprint density at radius 3 is 2.68 bits per heavy atom. The lowest BCUT2D eigenvalue weighted by Crippen LogP contribution is -2.30. The molecule has 2 rings (SSSR count). The van der Waals surface area contributed by atoms with Crippen molar-refractivity contribution >= 4 is 11.4 Å². The molecule has 0 amide bonds. The highest BCUT2D eigenvalue weighted by molar-refractivity contribution is 5.70. The molecule has 1 unspecified atom stereocenters. The second-order valence-corrected chi connectivity index (χ2v) is 4.89. The molecular formula is C12H15F3N2O2. The van der Waals surface area contributed by atoms with Gasteiger partial charge in [0.2, 0.25) is 0 Å². The molecule has 3 N–H and O–H groups in total. The number of aliphatic hydroxyl groups is 1. The molecule has 0 saturated carbocycles. The van der Waals surface area contributed by atoms with E-state index in [4.69, 9.17) is 5.73 Å². The summed E-state index contributed by atoms with van der Waals surface area (Å²) in [5.74, 6) is -1.49. The van der Waals surface area contributed by atoms with E-state index in [2.05, 4.69) is 4.74 Å². The summed E-state index contributed by atoms with van der Waals surface area (Å²) in [5, 5.41) is 9.88. The first-order chi connectivity index (χ1) is 8.78. The van der Waals surface area contributed by atoms with E-state index in [-0.39, 0.29) is 5.69 Å². The van der Waals surface area contributed by atoms with Crippen LogP contribution in [-0.2, 0) is 0 Å². The van der Waals surface area contributed by atoms with Crippen LogP contribution in [0.2, 0.25) is 0 Å². The van der Waals surface area contributed by atoms with E-state index >= 15 is 0 Å². The van der Waals surface area contributed by atoms with E-state index < -0.39 is 23.8 Å². The summed E-state index contributed by atoms with van der Waals surface area (Å²) in [6.07, 6.45) is 0.523. The SMILES string of the molecule is CC1(O)CCN(c2cc(OC(F)F)c(F)cc2N)C1. The molecule has 19 heavy (non-hydrogen) atoms. The van der Waals surface area contributed by atoms with Crippen molar-refractivity contribution in [2.45, 2.75) is 25.6 Å². The summed E-state index contributed by atoms with van der Waals surface area (Å²) in [6, 6.07) is 2.08. The maximum Gasteiger partial charge on any atom is 0.387 e. The predicted molar refractivity (Wildman–Crippen MR) is 64.9 cm³/mol. The second-order valence-electron chi connectivity index (χ2n) is 4.89. The summed E-state index contributed by atoms with van der Waals surface area (Å²) in [4.78, 5) is 1.72. The third-order valence-corrected chi connectivity index (χ3v) is 3.09. The quantitative estimate of drug-likeness (QED) is 0.829. The number of anilines is 2. The zero-order chi connectivity index (χ0) is 14.2. The molecule has 0 aromatic heterocycles. The number of alkyl halides is 2. The Bertz CT molecular complexity index is 480. The zero-order valence-corrected chi connectivity index (χ0v) is 10.4. The summed E-state index contributed by atoms with van der Waals surface area (Å²) < 4.78 is 41.8. The average molecular weight is 276 g/mol. The van der Waals surface area contributed by atoms with Gasteiger partial charge in [-0.15, -0.1) is 0 Å². The van der Waals surface area contributed by atoms with Gasteiger partial charge in [-0.25, -0.2) is 4.39 Å². The molecular weight excluding hydrogens is 261 g/mol. The van der Waals surface area contributed by atoms with E-state index in [0.717, 1.165) is 12.1 Å². The van der Waals surface area contributed by atoms with Crippen molar-refractivity contribution in [2.24, 2.45) is 0 Å². The first-order valence-electron chi connectivity index (χ1n) is 5.80. The Morgan fingerprint density at radius 1 is 1.47 bits per heavy atom. The van der Waals surface area contributed by atoms with Gasteiger partial charge >= 0.3 is 6.61 Å². The molecule has 0 aliphatic carbocycles. The lowest BCUT2D eigenvalue weighted by atomic mass is 10.1. The van der Waals surface area contributed by atoms with Crippen LogP contribution in [0.1, 0.15) is 13.3 Å². The number of hydrogen-bond donors (Lipinski definition) is 2. The molecule has 0 radical (unpaired) electrons. The minimum Gasteiger partial charge on any atom is -0.432 e. The van der Waals surface area contributed by atoms with Crippen molar-refractivity contribution in [3.8, 4) is 5.75 Å². The first kappa shape index (κ1) is 13.8. The molecule has 1 aliphatic rings. The number of β-amino-alcohol motifs (C(OH)–C–C–N with tert-alkyl or cyclic N) is 1. The standard InChI is InChI=1S/C12H15F3N2O2/c1-12(18)2-3-17(6-12)9-5-10(19-11(14)15)7(13)4-8(9)16/h4-5,11,18H,2-3,6,16H2,1H3. The van der Waals surface area contributed by atoms with Crippen molar-refractivity contribution in [1.29, 1.82) is 0 Å². The fraction of sp³-hybridized carbons (Fsp3) is 0.500. The van der Waals surface area contributed by atoms with Crippen LogP contribution >= 0.6 is 0 Å². The van der Waals surface area contributed by atoms with Crippen molar-refractivity contribution in [3.05, 3.63) is 17.9 Å². The van der Waals surface area contributed by atoms with Crippen LogP contribution in [0.4, 0.5) is 24.5 Å². The topological polar surface area (TPSA) is 58.7 Å². The number of halogens is 3. The van der Waals surface area contributed by atoms with Crippen molar-refractivity contribution in [1.82, 2.24) is 0 Å². The van der Waals surface area contributed by atoms with Gasteiger partial charge in [0.05, 0.1) is 17.0 Å². The number of nitrogen functional groups attached to an aromatic ring is 1. The molecule has 1 saturated heterocycles. The number of nitrogens with two attached hydrogens (primary N) is 1. The van der Waals surface area contributed by atoms with Crippen LogP contribution in [0.3, 0.4) is 0 Å². The molecule has 1 atom stereocenters. The highest BCUT2D eigenvalue weighted by Gasteiger charge is 2.32. The van der Waals surface area contributed by atoms with E-state index in [1.165, 1.54) is 0 Å². The first-order valence-corrected chi connectivity index (χ1v) is 5.80. The van der Waals surface area contributed by atoms with Crippen LogP contribution in [-0.4, -0.2) is 30.4 Å². The van der Waals surface area contributed by atoms with Gasteiger partial charge in [0.15, 0.2) is 11.6 Å². The minimum absolute atomic E-state index is 0.122. The molecule has 1 aromatic rings. The maximum atomic E-state index is 13.4. The predicted octanol–water partition coefficient (Wildman–Crippen LogP) is 1.97. The fourth-order valence-corrected chi connectivity index (χ4v) is 2.17. The van der Waals surface area contributed by atoms with Crippen molar-refractivity contribution in [2.75, 3.05) is 23.7 Å². The zero-order valence-electron chi connectivity index (χ0n) is 10.4. The van der Waals surface area contributed by atoms with Crippen molar-refractivity contribution in [3.63, 3.8) is 0 Å². The maximum absolute atomic E-state index is 13.4. The van der Waals surface area contributed by atoms with Crippen LogP contribution in [0.5, 0.6) is 5.75 Å². The molecule has 106 valence electrons. The third kappa shape index (κ3) is 3.04. The van der Waals surface area contributed by atoms with Gasteiger partial charge in [-0.2, -0.15) is 8.78 Å². The average Bonchev–Trinajstić information content (AvgIpc) is 2.62. The number of rotatable bonds is 3. The van der Waals surface area contributed by atoms with Gasteiger partial charge < -0.3 is 20.5 Å². The highest BCUT2D eigenvalue weighted by Crippen LogP contribution is 2.35. The fourth-order valence-electron chi connectivity index (χ4n) is 2.17. The Balaban J connectivity index is 2.30. The number of ether oxygens (including phenoxy) is 1. The van der Waals surface area contributed by atoms with Gasteiger partial charge in [0.1, 0.15) is 0 Å². The Labute approximate surface area is 108 Å². The second kappa shape index (κ2) is 4.80. The molecule has 0 bridgehead atoms. The third-order valence-electron chi connectivity index (χ3n) is 3.09. The molecule has 7 heteroatoms. The van der Waals surface area contributed by atoms with Gasteiger partial charge in [0, 0.05) is 25.2 Å². The van der Waals surface area contributed by atoms with Crippen LogP contribution < -0.4 is 15.4 Å². The Morgan fingerprint density at radius 2 is 2.16 bits per heavy atom. The summed E-state index contributed by atoms with van der Waals surface area (Å²) in [6.45, 7) is -0.621. The lowest BCUT2D eigenvalue weighted by molar-refractivity contribution is -0.0521. The molecule has 1 aliphatic heterocycles. The molecule has 1 heterocycles. The Hall–Kier alpha value is -1.63. The van der Waals surface area contributed by atoms with E-state index in [9.17, 15) is 18.3 Å². The van der Waals surface area contributed by atoms with Crippen LogP contribution in [0, 0.1) is 5.82 Å². The van der Waals surface area contributed by atoms with Gasteiger partial charge in [-0.1, -0.05) is 0 Å². The van der Waals surface area contributed by atoms with Crippen LogP contribution in [0.15, 0.2) is 12.1 Å². The number of hydrogen-bond acceptors (Lipinski definition) is 4. The molecule has 1 aromatic carbocycles. The molecule has 1 fully saturated rings. The number of nitrogens with zero attached hydrogens (tertiary/aromatic N) is 1. The normalized spacial score (nSPS) is 23.2. The molecule has 4 nitrogen and oxygen atoms in total. The smallest absolute Gasteiger partial charge is 0.387 e. The highest BCUT2D eigenvalue weighted by atomic mass is 19.3. The summed E-state index contributed by atoms with van der Waals surface area (Å²) in [7, 11) is 0. The molecule has 0 spiro atoms. The number of benzene rings is 1. The van der Waals surface area contributed by atoms with Gasteiger partial charge in [-0.3, -0.25) is 0 Å². The lowest BCUT2D eigenvalue weighted by Gasteiger charge is -2.23. The van der Waals surface area contributed by atoms with Crippen molar-refractivity contribution < 1.29 is 23.0 Å². The minimum atomic E-state index is -3.10. The summed E-state index contributed by atoms with van der Waals surface area (Å²) >= 11 is 0. The monoisotopic (exact) mass is 276 g/mol. The van der Waals surface area contributed by atoms with Crippen LogP contribution in [0.25, 0.3) is 0 Å². The van der Waals surface area contributed by atoms with Gasteiger partial charge in [-0.05, 0) is 13.3 Å². The largest absolute Gasteiger partial charge is 0.432 e. The Kier molecular flexibility index (Phi) is 3.49. The summed E-state index contributed by atoms with van der Waals surface area (Å²) in [5.41, 5.74) is 5.32. The van der Waals surface area contributed by atoms with Gasteiger partial charge in [0.25, 0.3) is 0 Å². The van der Waals surface area contributed by atoms with E-state index in [1.54, 1.807) is 11.8 Å².